The van der Waals surface area contributed by atoms with Crippen molar-refractivity contribution >= 4 is 22.7 Å². The summed E-state index contributed by atoms with van der Waals surface area (Å²) in [6.45, 7) is 1.76. The fraction of sp³-hybridized carbons (Fsp3) is 0.150. The third-order valence-electron chi connectivity index (χ3n) is 4.24. The predicted octanol–water partition coefficient (Wildman–Crippen LogP) is 3.27. The average Bonchev–Trinajstić information content (AvgIpc) is 3.23. The molecule has 0 spiro atoms. The molecule has 0 saturated carbocycles. The molecule has 0 bridgehead atoms. The predicted molar refractivity (Wildman–Crippen MR) is 102 cm³/mol. The maximum atomic E-state index is 12.4. The maximum Gasteiger partial charge on any atom is 0.417 e. The van der Waals surface area contributed by atoms with Gasteiger partial charge in [0.1, 0.15) is 11.5 Å². The van der Waals surface area contributed by atoms with Crippen LogP contribution in [0, 0.1) is 6.92 Å². The Labute approximate surface area is 159 Å². The van der Waals surface area contributed by atoms with E-state index in [2.05, 4.69) is 15.3 Å². The molecule has 2 N–H and O–H groups in total. The van der Waals surface area contributed by atoms with Crippen molar-refractivity contribution in [3.8, 4) is 17.2 Å². The zero-order valence-electron chi connectivity index (χ0n) is 15.2. The molecule has 8 heteroatoms. The summed E-state index contributed by atoms with van der Waals surface area (Å²) in [5.41, 5.74) is 2.78. The number of hydrogen-bond acceptors (Lipinski definition) is 6. The van der Waals surface area contributed by atoms with Crippen LogP contribution in [-0.4, -0.2) is 23.0 Å². The van der Waals surface area contributed by atoms with E-state index in [-0.39, 0.29) is 12.3 Å². The molecule has 0 saturated heterocycles. The Morgan fingerprint density at radius 2 is 2.07 bits per heavy atom. The number of rotatable bonds is 5. The molecule has 8 nitrogen and oxygen atoms in total. The molecule has 0 aliphatic rings. The smallest absolute Gasteiger partial charge is 0.417 e. The van der Waals surface area contributed by atoms with Gasteiger partial charge in [-0.1, -0.05) is 6.07 Å². The second kappa shape index (κ2) is 7.07. The third kappa shape index (κ3) is 3.52. The quantitative estimate of drug-likeness (QED) is 0.551. The van der Waals surface area contributed by atoms with Crippen molar-refractivity contribution in [2.75, 3.05) is 12.4 Å². The summed E-state index contributed by atoms with van der Waals surface area (Å²) in [5, 5.41) is 2.77. The van der Waals surface area contributed by atoms with Crippen LogP contribution in [0.1, 0.15) is 11.5 Å². The van der Waals surface area contributed by atoms with Gasteiger partial charge in [-0.3, -0.25) is 9.78 Å². The van der Waals surface area contributed by atoms with Gasteiger partial charge in [0.05, 0.1) is 24.7 Å². The highest BCUT2D eigenvalue weighted by molar-refractivity contribution is 5.93. The summed E-state index contributed by atoms with van der Waals surface area (Å²) in [4.78, 5) is 30.6. The van der Waals surface area contributed by atoms with E-state index in [0.29, 0.717) is 39.9 Å². The summed E-state index contributed by atoms with van der Waals surface area (Å²) in [7, 11) is 1.59. The standard InChI is InChI=1S/C20H17N3O5/c1-11-16(22-19(27-11)12-4-3-5-14(8-12)26-2)10-18(24)21-13-6-7-15-17(9-13)28-20(25)23-15/h3-9H,10H2,1-2H3,(H,21,24)(H,23,25). The van der Waals surface area contributed by atoms with Crippen molar-refractivity contribution < 1.29 is 18.4 Å². The highest BCUT2D eigenvalue weighted by Crippen LogP contribution is 2.25. The molecule has 0 aliphatic carbocycles. The number of benzene rings is 2. The number of carbonyl (C=O) groups excluding carboxylic acids is 1. The number of nitrogens with zero attached hydrogens (tertiary/aromatic N) is 1. The van der Waals surface area contributed by atoms with Gasteiger partial charge in [-0.25, -0.2) is 9.78 Å². The van der Waals surface area contributed by atoms with Gasteiger partial charge in [0.25, 0.3) is 0 Å². The number of anilines is 1. The molecule has 4 rings (SSSR count). The first-order valence-electron chi connectivity index (χ1n) is 8.55. The highest BCUT2D eigenvalue weighted by Gasteiger charge is 2.15. The summed E-state index contributed by atoms with van der Waals surface area (Å²) < 4.78 is 15.9. The number of amides is 1. The zero-order valence-corrected chi connectivity index (χ0v) is 15.2. The Morgan fingerprint density at radius 3 is 2.89 bits per heavy atom. The van der Waals surface area contributed by atoms with Crippen LogP contribution in [0.4, 0.5) is 5.69 Å². The zero-order chi connectivity index (χ0) is 19.7. The molecule has 0 aliphatic heterocycles. The molecular weight excluding hydrogens is 362 g/mol. The Morgan fingerprint density at radius 1 is 1.21 bits per heavy atom. The van der Waals surface area contributed by atoms with E-state index in [9.17, 15) is 9.59 Å². The summed E-state index contributed by atoms with van der Waals surface area (Å²) in [6, 6.07) is 12.3. The summed E-state index contributed by atoms with van der Waals surface area (Å²) in [5.74, 6) is 0.891. The number of fused-ring (bicyclic) bond motifs is 1. The van der Waals surface area contributed by atoms with E-state index in [4.69, 9.17) is 13.6 Å². The van der Waals surface area contributed by atoms with Crippen LogP contribution in [0.15, 0.2) is 56.1 Å². The third-order valence-corrected chi connectivity index (χ3v) is 4.24. The molecule has 0 atom stereocenters. The summed E-state index contributed by atoms with van der Waals surface area (Å²) in [6.07, 6.45) is 0.0500. The van der Waals surface area contributed by atoms with E-state index >= 15 is 0 Å². The first-order chi connectivity index (χ1) is 13.5. The van der Waals surface area contributed by atoms with Crippen LogP contribution < -0.4 is 15.8 Å². The van der Waals surface area contributed by atoms with Crippen LogP contribution in [0.2, 0.25) is 0 Å². The number of aromatic amines is 1. The number of aromatic nitrogens is 2. The number of methoxy groups -OCH3 is 1. The number of hydrogen-bond donors (Lipinski definition) is 2. The Balaban J connectivity index is 1.50. The molecule has 2 heterocycles. The van der Waals surface area contributed by atoms with Crippen LogP contribution in [0.3, 0.4) is 0 Å². The fourth-order valence-corrected chi connectivity index (χ4v) is 2.85. The number of aryl methyl sites for hydroxylation is 1. The van der Waals surface area contributed by atoms with Gasteiger partial charge in [0, 0.05) is 17.3 Å². The van der Waals surface area contributed by atoms with Crippen LogP contribution in [0.25, 0.3) is 22.6 Å². The maximum absolute atomic E-state index is 12.4. The van der Waals surface area contributed by atoms with E-state index in [0.717, 1.165) is 5.56 Å². The van der Waals surface area contributed by atoms with Crippen molar-refractivity contribution in [2.24, 2.45) is 0 Å². The second-order valence-electron chi connectivity index (χ2n) is 6.20. The average molecular weight is 379 g/mol. The second-order valence-corrected chi connectivity index (χ2v) is 6.20. The minimum atomic E-state index is -0.540. The van der Waals surface area contributed by atoms with Crippen LogP contribution >= 0.6 is 0 Å². The molecule has 2 aromatic heterocycles. The van der Waals surface area contributed by atoms with Crippen molar-refractivity contribution in [1.82, 2.24) is 9.97 Å². The van der Waals surface area contributed by atoms with Gasteiger partial charge in [-0.2, -0.15) is 0 Å². The fourth-order valence-electron chi connectivity index (χ4n) is 2.85. The Hall–Kier alpha value is -3.81. The molecule has 0 fully saturated rings. The van der Waals surface area contributed by atoms with Gasteiger partial charge < -0.3 is 18.9 Å². The molecular formula is C20H17N3O5. The SMILES string of the molecule is COc1cccc(-c2nc(CC(=O)Nc3ccc4[nH]c(=O)oc4c3)c(C)o2)c1. The van der Waals surface area contributed by atoms with Crippen LogP contribution in [-0.2, 0) is 11.2 Å². The Kier molecular flexibility index (Phi) is 4.44. The summed E-state index contributed by atoms with van der Waals surface area (Å²) >= 11 is 0. The van der Waals surface area contributed by atoms with Crippen molar-refractivity contribution in [3.63, 3.8) is 0 Å². The van der Waals surface area contributed by atoms with Gasteiger partial charge in [0.15, 0.2) is 5.58 Å². The monoisotopic (exact) mass is 379 g/mol. The molecule has 142 valence electrons. The largest absolute Gasteiger partial charge is 0.497 e. The van der Waals surface area contributed by atoms with Gasteiger partial charge in [-0.05, 0) is 37.3 Å². The van der Waals surface area contributed by atoms with E-state index in [1.54, 1.807) is 32.2 Å². The van der Waals surface area contributed by atoms with Crippen LogP contribution in [0.5, 0.6) is 5.75 Å². The number of ether oxygens (including phenoxy) is 1. The lowest BCUT2D eigenvalue weighted by Gasteiger charge is -2.03. The number of carbonyl (C=O) groups is 1. The molecule has 0 radical (unpaired) electrons. The van der Waals surface area contributed by atoms with E-state index < -0.39 is 5.76 Å². The molecule has 1 amide bonds. The van der Waals surface area contributed by atoms with Crippen molar-refractivity contribution in [2.45, 2.75) is 13.3 Å². The lowest BCUT2D eigenvalue weighted by molar-refractivity contribution is -0.115. The first kappa shape index (κ1) is 17.6. The number of nitrogens with one attached hydrogen (secondary N) is 2. The molecule has 4 aromatic rings. The van der Waals surface area contributed by atoms with Gasteiger partial charge in [-0.15, -0.1) is 0 Å². The van der Waals surface area contributed by atoms with Gasteiger partial charge >= 0.3 is 5.76 Å². The minimum absolute atomic E-state index is 0.0500. The number of H-pyrrole nitrogens is 1. The lowest BCUT2D eigenvalue weighted by Crippen LogP contribution is -2.15. The lowest BCUT2D eigenvalue weighted by atomic mass is 10.2. The normalized spacial score (nSPS) is 10.9. The van der Waals surface area contributed by atoms with Crippen molar-refractivity contribution in [3.05, 3.63) is 64.5 Å². The van der Waals surface area contributed by atoms with Crippen molar-refractivity contribution in [1.29, 1.82) is 0 Å². The van der Waals surface area contributed by atoms with E-state index in [1.165, 1.54) is 0 Å². The molecule has 28 heavy (non-hydrogen) atoms. The topological polar surface area (TPSA) is 110 Å². The highest BCUT2D eigenvalue weighted by atomic mass is 16.5. The molecule has 2 aromatic carbocycles. The minimum Gasteiger partial charge on any atom is -0.497 e. The first-order valence-corrected chi connectivity index (χ1v) is 8.55. The number of oxazole rings is 2. The van der Waals surface area contributed by atoms with E-state index in [1.807, 2.05) is 24.3 Å². The molecule has 0 unspecified atom stereocenters. The van der Waals surface area contributed by atoms with Gasteiger partial charge in [0.2, 0.25) is 11.8 Å². The Bertz CT molecular complexity index is 1220.